The molecule has 0 N–H and O–H groups in total. The third-order valence-corrected chi connectivity index (χ3v) is 4.03. The Balaban J connectivity index is 2.46. The number of allylic oxidation sites excluding steroid dienone is 4. The molecule has 1 aromatic rings. The van der Waals surface area contributed by atoms with Gasteiger partial charge in [0.25, 0.3) is 10.0 Å². The monoisotopic (exact) mass is 275 g/mol. The molecule has 1 aliphatic carbocycles. The highest BCUT2D eigenvalue weighted by molar-refractivity contribution is 7.90. The van der Waals surface area contributed by atoms with Gasteiger partial charge in [0.15, 0.2) is 5.78 Å². The molecule has 0 radical (unpaired) electrons. The van der Waals surface area contributed by atoms with Gasteiger partial charge in [0.2, 0.25) is 0 Å². The smallest absolute Gasteiger partial charge is 0.282 e. The molecule has 0 amide bonds. The zero-order valence-electron chi connectivity index (χ0n) is 10.6. The fourth-order valence-electron chi connectivity index (χ4n) is 1.76. The third kappa shape index (κ3) is 2.88. The van der Waals surface area contributed by atoms with E-state index in [0.717, 1.165) is 0 Å². The van der Waals surface area contributed by atoms with Gasteiger partial charge in [-0.1, -0.05) is 18.2 Å². The molecule has 0 saturated carbocycles. The molecule has 0 saturated heterocycles. The lowest BCUT2D eigenvalue weighted by Gasteiger charge is -2.08. The minimum Gasteiger partial charge on any atom is -0.289 e. The molecule has 4 nitrogen and oxygen atoms in total. The third-order valence-electron chi connectivity index (χ3n) is 2.71. The summed E-state index contributed by atoms with van der Waals surface area (Å²) >= 11 is 0. The molecule has 98 valence electrons. The molecule has 0 spiro atoms. The number of carbonyl (C=O) groups is 1. The van der Waals surface area contributed by atoms with E-state index in [1.807, 2.05) is 0 Å². The number of carbonyl (C=O) groups excluding carboxylic acids is 1. The predicted octanol–water partition coefficient (Wildman–Crippen LogP) is 2.29. The van der Waals surface area contributed by atoms with Crippen molar-refractivity contribution in [3.05, 3.63) is 53.6 Å². The van der Waals surface area contributed by atoms with Crippen LogP contribution in [0, 0.1) is 0 Å². The van der Waals surface area contributed by atoms with Crippen LogP contribution in [0.5, 0.6) is 0 Å². The molecule has 1 aliphatic rings. The molecule has 19 heavy (non-hydrogen) atoms. The first-order valence-corrected chi connectivity index (χ1v) is 7.15. The lowest BCUT2D eigenvalue weighted by atomic mass is 9.98. The maximum atomic E-state index is 12.1. The van der Waals surface area contributed by atoms with Crippen LogP contribution in [0.15, 0.2) is 62.9 Å². The van der Waals surface area contributed by atoms with E-state index in [0.29, 0.717) is 11.1 Å². The molecule has 2 rings (SSSR count). The van der Waals surface area contributed by atoms with Crippen LogP contribution in [0.1, 0.15) is 13.8 Å². The predicted molar refractivity (Wildman–Crippen MR) is 73.6 cm³/mol. The minimum atomic E-state index is -3.74. The van der Waals surface area contributed by atoms with Crippen LogP contribution in [0.25, 0.3) is 0 Å². The number of sulfonamides is 1. The molecular formula is C14H13NO3S. The number of hydrogen-bond donors (Lipinski definition) is 0. The van der Waals surface area contributed by atoms with E-state index in [9.17, 15) is 13.2 Å². The summed E-state index contributed by atoms with van der Waals surface area (Å²) in [5.74, 6) is -0.0870. The van der Waals surface area contributed by atoms with Crippen LogP contribution in [-0.4, -0.2) is 19.9 Å². The Morgan fingerprint density at radius 3 is 2.00 bits per heavy atom. The largest absolute Gasteiger partial charge is 0.289 e. The van der Waals surface area contributed by atoms with E-state index in [1.165, 1.54) is 24.3 Å². The Morgan fingerprint density at radius 2 is 1.47 bits per heavy atom. The standard InChI is InChI=1S/C14H13NO3S/c1-10-8-12(9-11(2)14(10)16)15-19(17,18)13-6-4-3-5-7-13/h3-9H,1-2H3. The molecule has 5 heteroatoms. The normalized spacial score (nSPS) is 15.9. The van der Waals surface area contributed by atoms with Gasteiger partial charge in [0, 0.05) is 0 Å². The molecule has 1 aromatic carbocycles. The van der Waals surface area contributed by atoms with E-state index >= 15 is 0 Å². The molecule has 0 fully saturated rings. The fraction of sp³-hybridized carbons (Fsp3) is 0.143. The van der Waals surface area contributed by atoms with Crippen molar-refractivity contribution < 1.29 is 13.2 Å². The summed E-state index contributed by atoms with van der Waals surface area (Å²) in [6.07, 6.45) is 2.96. The molecule has 0 aliphatic heterocycles. The first-order chi connectivity index (χ1) is 8.90. The van der Waals surface area contributed by atoms with Crippen molar-refractivity contribution >= 4 is 21.5 Å². The van der Waals surface area contributed by atoms with Gasteiger partial charge >= 0.3 is 0 Å². The zero-order valence-corrected chi connectivity index (χ0v) is 11.4. The van der Waals surface area contributed by atoms with Gasteiger partial charge in [-0.05, 0) is 49.3 Å². The van der Waals surface area contributed by atoms with E-state index in [4.69, 9.17) is 0 Å². The summed E-state index contributed by atoms with van der Waals surface area (Å²) in [7, 11) is -3.74. The van der Waals surface area contributed by atoms with Crippen LogP contribution in [-0.2, 0) is 14.8 Å². The summed E-state index contributed by atoms with van der Waals surface area (Å²) in [6.45, 7) is 3.28. The van der Waals surface area contributed by atoms with Gasteiger partial charge in [-0.25, -0.2) is 0 Å². The molecule has 0 bridgehead atoms. The van der Waals surface area contributed by atoms with Crippen molar-refractivity contribution in [3.63, 3.8) is 0 Å². The lowest BCUT2D eigenvalue weighted by Crippen LogP contribution is -2.12. The highest BCUT2D eigenvalue weighted by atomic mass is 32.2. The SMILES string of the molecule is CC1=CC(=NS(=O)(=O)c2ccccc2)C=C(C)C1=O. The number of Topliss-reactive ketones (excluding diaryl/α,β-unsaturated/α-hetero) is 1. The Labute approximate surface area is 112 Å². The number of nitrogens with zero attached hydrogens (tertiary/aromatic N) is 1. The number of hydrogen-bond acceptors (Lipinski definition) is 3. The Kier molecular flexibility index (Phi) is 3.48. The van der Waals surface area contributed by atoms with E-state index < -0.39 is 10.0 Å². The van der Waals surface area contributed by atoms with E-state index in [2.05, 4.69) is 4.40 Å². The van der Waals surface area contributed by atoms with E-state index in [1.54, 1.807) is 32.0 Å². The van der Waals surface area contributed by atoms with Gasteiger partial charge in [0.05, 0.1) is 10.6 Å². The quantitative estimate of drug-likeness (QED) is 0.778. The second-order valence-corrected chi connectivity index (χ2v) is 5.89. The second-order valence-electron chi connectivity index (χ2n) is 4.29. The molecule has 0 heterocycles. The van der Waals surface area contributed by atoms with Gasteiger partial charge in [0.1, 0.15) is 0 Å². The van der Waals surface area contributed by atoms with Crippen molar-refractivity contribution in [2.45, 2.75) is 18.7 Å². The first kappa shape index (κ1) is 13.4. The number of benzene rings is 1. The topological polar surface area (TPSA) is 63.6 Å². The van der Waals surface area contributed by atoms with Crippen molar-refractivity contribution in [3.8, 4) is 0 Å². The average molecular weight is 275 g/mol. The maximum Gasteiger partial charge on any atom is 0.282 e. The summed E-state index contributed by atoms with van der Waals surface area (Å²) in [5, 5.41) is 0. The van der Waals surface area contributed by atoms with Crippen LogP contribution < -0.4 is 0 Å². The van der Waals surface area contributed by atoms with Gasteiger partial charge in [-0.3, -0.25) is 4.79 Å². The minimum absolute atomic E-state index is 0.0870. The molecule has 0 unspecified atom stereocenters. The fourth-order valence-corrected chi connectivity index (χ4v) is 2.75. The Bertz CT molecular complexity index is 686. The maximum absolute atomic E-state index is 12.1. The highest BCUT2D eigenvalue weighted by Gasteiger charge is 2.17. The van der Waals surface area contributed by atoms with E-state index in [-0.39, 0.29) is 16.4 Å². The van der Waals surface area contributed by atoms with Gasteiger partial charge in [-0.2, -0.15) is 12.8 Å². The first-order valence-electron chi connectivity index (χ1n) is 5.71. The van der Waals surface area contributed by atoms with Crippen LogP contribution in [0.4, 0.5) is 0 Å². The molecular weight excluding hydrogens is 262 g/mol. The van der Waals surface area contributed by atoms with Crippen LogP contribution in [0.3, 0.4) is 0 Å². The van der Waals surface area contributed by atoms with Crippen molar-refractivity contribution in [2.75, 3.05) is 0 Å². The number of ketones is 1. The molecule has 0 atom stereocenters. The van der Waals surface area contributed by atoms with Crippen molar-refractivity contribution in [2.24, 2.45) is 4.40 Å². The summed E-state index contributed by atoms with van der Waals surface area (Å²) in [6, 6.07) is 7.99. The van der Waals surface area contributed by atoms with Crippen LogP contribution in [0.2, 0.25) is 0 Å². The van der Waals surface area contributed by atoms with Crippen molar-refractivity contribution in [1.29, 1.82) is 0 Å². The Morgan fingerprint density at radius 1 is 0.947 bits per heavy atom. The summed E-state index contributed by atoms with van der Waals surface area (Å²) < 4.78 is 27.9. The summed E-state index contributed by atoms with van der Waals surface area (Å²) in [4.78, 5) is 11.7. The summed E-state index contributed by atoms with van der Waals surface area (Å²) in [5.41, 5.74) is 1.25. The highest BCUT2D eigenvalue weighted by Crippen LogP contribution is 2.16. The van der Waals surface area contributed by atoms with Crippen molar-refractivity contribution in [1.82, 2.24) is 0 Å². The molecule has 0 aromatic heterocycles. The zero-order chi connectivity index (χ0) is 14.0. The number of rotatable bonds is 2. The Hall–Kier alpha value is -2.01. The van der Waals surface area contributed by atoms with Crippen LogP contribution >= 0.6 is 0 Å². The lowest BCUT2D eigenvalue weighted by molar-refractivity contribution is -0.112. The van der Waals surface area contributed by atoms with Gasteiger partial charge < -0.3 is 0 Å². The van der Waals surface area contributed by atoms with Gasteiger partial charge in [-0.15, -0.1) is 0 Å². The average Bonchev–Trinajstić information content (AvgIpc) is 2.36. The second kappa shape index (κ2) is 4.93.